The zero-order valence-electron chi connectivity index (χ0n) is 20.2. The number of hydrogen-bond acceptors (Lipinski definition) is 5. The van der Waals surface area contributed by atoms with Crippen LogP contribution in [0.15, 0.2) is 60.7 Å². The van der Waals surface area contributed by atoms with Crippen molar-refractivity contribution in [2.24, 2.45) is 0 Å². The van der Waals surface area contributed by atoms with Crippen LogP contribution in [0.4, 0.5) is 11.4 Å². The quantitative estimate of drug-likeness (QED) is 0.360. The van der Waals surface area contributed by atoms with Crippen LogP contribution >= 0.6 is 11.6 Å². The van der Waals surface area contributed by atoms with Gasteiger partial charge in [0, 0.05) is 18.0 Å². The van der Waals surface area contributed by atoms with Crippen LogP contribution in [0.25, 0.3) is 0 Å². The van der Waals surface area contributed by atoms with Crippen molar-refractivity contribution in [3.8, 4) is 17.2 Å². The number of carbonyl (C=O) groups is 1. The summed E-state index contributed by atoms with van der Waals surface area (Å²) in [4.78, 5) is 12.7. The van der Waals surface area contributed by atoms with E-state index in [0.717, 1.165) is 17.4 Å². The van der Waals surface area contributed by atoms with Gasteiger partial charge in [-0.2, -0.15) is 0 Å². The number of aryl methyl sites for hydroxylation is 2. The third kappa shape index (κ3) is 7.37. The van der Waals surface area contributed by atoms with E-state index in [1.807, 2.05) is 44.2 Å². The molecule has 0 aliphatic carbocycles. The first-order valence-corrected chi connectivity index (χ1v) is 13.3. The topological polar surface area (TPSA) is 84.9 Å². The number of para-hydroxylation sites is 2. The molecule has 0 heterocycles. The number of ether oxygens (including phenoxy) is 2. The summed E-state index contributed by atoms with van der Waals surface area (Å²) in [6, 6.07) is 17.7. The molecule has 0 fully saturated rings. The molecule has 9 heteroatoms. The lowest BCUT2D eigenvalue weighted by Gasteiger charge is -2.23. The van der Waals surface area contributed by atoms with E-state index < -0.39 is 10.0 Å². The van der Waals surface area contributed by atoms with E-state index in [1.165, 1.54) is 4.31 Å². The maximum Gasteiger partial charge on any atom is 0.232 e. The summed E-state index contributed by atoms with van der Waals surface area (Å²) in [5.74, 6) is 1.16. The molecule has 186 valence electrons. The minimum Gasteiger partial charge on any atom is -0.493 e. The standard InChI is InChI=1S/C26H29ClN2O5S/c1-18-14-19(2)16-21(15-18)29(35(4,31)32)13-7-10-26(30)28-22-17-20(27)11-12-23(22)34-25-9-6-5-8-24(25)33-3/h5-6,8-9,11-12,14-17H,7,10,13H2,1-4H3,(H,28,30). The second-order valence-corrected chi connectivity index (χ2v) is 10.6. The molecule has 0 spiro atoms. The zero-order chi connectivity index (χ0) is 25.6. The Bertz CT molecular complexity index is 1290. The van der Waals surface area contributed by atoms with Gasteiger partial charge in [-0.25, -0.2) is 8.42 Å². The van der Waals surface area contributed by atoms with Crippen LogP contribution < -0.4 is 19.1 Å². The van der Waals surface area contributed by atoms with E-state index >= 15 is 0 Å². The molecule has 35 heavy (non-hydrogen) atoms. The smallest absolute Gasteiger partial charge is 0.232 e. The molecule has 0 aromatic heterocycles. The predicted octanol–water partition coefficient (Wildman–Crippen LogP) is 5.94. The van der Waals surface area contributed by atoms with E-state index in [-0.39, 0.29) is 18.9 Å². The molecule has 0 radical (unpaired) electrons. The number of nitrogens with zero attached hydrogens (tertiary/aromatic N) is 1. The number of sulfonamides is 1. The summed E-state index contributed by atoms with van der Waals surface area (Å²) >= 11 is 6.15. The van der Waals surface area contributed by atoms with Crippen molar-refractivity contribution in [1.82, 2.24) is 0 Å². The molecule has 1 N–H and O–H groups in total. The Morgan fingerprint density at radius 2 is 1.63 bits per heavy atom. The Labute approximate surface area is 211 Å². The number of nitrogens with one attached hydrogen (secondary N) is 1. The molecule has 0 aliphatic rings. The number of carbonyl (C=O) groups excluding carboxylic acids is 1. The van der Waals surface area contributed by atoms with Crippen LogP contribution in [-0.4, -0.2) is 34.2 Å². The van der Waals surface area contributed by atoms with Crippen LogP contribution in [0.3, 0.4) is 0 Å². The Morgan fingerprint density at radius 3 is 2.26 bits per heavy atom. The minimum atomic E-state index is -3.51. The van der Waals surface area contributed by atoms with Crippen molar-refractivity contribution in [2.75, 3.05) is 29.5 Å². The van der Waals surface area contributed by atoms with Gasteiger partial charge < -0.3 is 14.8 Å². The van der Waals surface area contributed by atoms with Crippen molar-refractivity contribution in [2.45, 2.75) is 26.7 Å². The molecule has 3 aromatic carbocycles. The number of methoxy groups -OCH3 is 1. The Hall–Kier alpha value is -3.23. The average molecular weight is 517 g/mol. The molecule has 3 rings (SSSR count). The highest BCUT2D eigenvalue weighted by Gasteiger charge is 2.19. The van der Waals surface area contributed by atoms with Crippen molar-refractivity contribution in [3.05, 3.63) is 76.8 Å². The maximum atomic E-state index is 12.7. The Morgan fingerprint density at radius 1 is 0.971 bits per heavy atom. The number of halogens is 1. The van der Waals surface area contributed by atoms with Gasteiger partial charge in [-0.15, -0.1) is 0 Å². The number of amides is 1. The second kappa shape index (κ2) is 11.5. The first-order chi connectivity index (χ1) is 16.6. The van der Waals surface area contributed by atoms with Crippen molar-refractivity contribution in [3.63, 3.8) is 0 Å². The lowest BCUT2D eigenvalue weighted by molar-refractivity contribution is -0.116. The van der Waals surface area contributed by atoms with Crippen LogP contribution in [0.5, 0.6) is 17.2 Å². The van der Waals surface area contributed by atoms with Crippen LogP contribution in [0, 0.1) is 13.8 Å². The third-order valence-corrected chi connectivity index (χ3v) is 6.59. The summed E-state index contributed by atoms with van der Waals surface area (Å²) in [7, 11) is -1.96. The summed E-state index contributed by atoms with van der Waals surface area (Å²) in [5, 5.41) is 3.26. The first kappa shape index (κ1) is 26.4. The van der Waals surface area contributed by atoms with Gasteiger partial charge in [0.05, 0.1) is 24.7 Å². The number of anilines is 2. The lowest BCUT2D eigenvalue weighted by atomic mass is 10.1. The normalized spacial score (nSPS) is 11.1. The molecule has 0 aliphatic heterocycles. The SMILES string of the molecule is COc1ccccc1Oc1ccc(Cl)cc1NC(=O)CCCN(c1cc(C)cc(C)c1)S(C)(=O)=O. The monoisotopic (exact) mass is 516 g/mol. The fourth-order valence-electron chi connectivity index (χ4n) is 3.69. The predicted molar refractivity (Wildman–Crippen MR) is 140 cm³/mol. The van der Waals surface area contributed by atoms with E-state index in [9.17, 15) is 13.2 Å². The first-order valence-electron chi connectivity index (χ1n) is 11.0. The number of benzene rings is 3. The molecule has 3 aromatic rings. The molecule has 1 amide bonds. The molecular formula is C26H29ClN2O5S. The Kier molecular flexibility index (Phi) is 8.64. The summed E-state index contributed by atoms with van der Waals surface area (Å²) in [6.45, 7) is 4.01. The average Bonchev–Trinajstić information content (AvgIpc) is 2.77. The van der Waals surface area contributed by atoms with Crippen LogP contribution in [0.1, 0.15) is 24.0 Å². The van der Waals surface area contributed by atoms with Crippen LogP contribution in [0.2, 0.25) is 5.02 Å². The Balaban J connectivity index is 1.69. The molecule has 0 unspecified atom stereocenters. The van der Waals surface area contributed by atoms with E-state index in [2.05, 4.69) is 5.32 Å². The molecular weight excluding hydrogens is 488 g/mol. The molecule has 0 saturated heterocycles. The number of rotatable bonds is 10. The molecule has 7 nitrogen and oxygen atoms in total. The fraction of sp³-hybridized carbons (Fsp3) is 0.269. The highest BCUT2D eigenvalue weighted by Crippen LogP contribution is 2.36. The van der Waals surface area contributed by atoms with E-state index in [4.69, 9.17) is 21.1 Å². The second-order valence-electron chi connectivity index (χ2n) is 8.23. The van der Waals surface area contributed by atoms with Gasteiger partial charge in [0.15, 0.2) is 17.2 Å². The summed E-state index contributed by atoms with van der Waals surface area (Å²) in [6.07, 6.45) is 1.60. The zero-order valence-corrected chi connectivity index (χ0v) is 21.7. The van der Waals surface area contributed by atoms with Gasteiger partial charge in [-0.1, -0.05) is 29.8 Å². The van der Waals surface area contributed by atoms with Gasteiger partial charge >= 0.3 is 0 Å². The third-order valence-electron chi connectivity index (χ3n) is 5.16. The van der Waals surface area contributed by atoms with Crippen molar-refractivity contribution < 1.29 is 22.7 Å². The van der Waals surface area contributed by atoms with Crippen molar-refractivity contribution in [1.29, 1.82) is 0 Å². The fourth-order valence-corrected chi connectivity index (χ4v) is 4.81. The molecule has 0 atom stereocenters. The summed E-state index contributed by atoms with van der Waals surface area (Å²) < 4.78 is 37.4. The van der Waals surface area contributed by atoms with Gasteiger partial charge in [0.25, 0.3) is 0 Å². The van der Waals surface area contributed by atoms with Gasteiger partial charge in [0.1, 0.15) is 0 Å². The summed E-state index contributed by atoms with van der Waals surface area (Å²) in [5.41, 5.74) is 2.93. The maximum absolute atomic E-state index is 12.7. The largest absolute Gasteiger partial charge is 0.493 e. The van der Waals surface area contributed by atoms with Gasteiger partial charge in [0.2, 0.25) is 15.9 Å². The molecule has 0 saturated carbocycles. The van der Waals surface area contributed by atoms with Gasteiger partial charge in [-0.3, -0.25) is 9.10 Å². The number of hydrogen-bond donors (Lipinski definition) is 1. The minimum absolute atomic E-state index is 0.109. The van der Waals surface area contributed by atoms with E-state index in [1.54, 1.807) is 37.4 Å². The van der Waals surface area contributed by atoms with E-state index in [0.29, 0.717) is 40.1 Å². The lowest BCUT2D eigenvalue weighted by Crippen LogP contribution is -2.31. The van der Waals surface area contributed by atoms with Crippen molar-refractivity contribution >= 4 is 38.9 Å². The molecule has 0 bridgehead atoms. The highest BCUT2D eigenvalue weighted by atomic mass is 35.5. The van der Waals surface area contributed by atoms with Crippen LogP contribution in [-0.2, 0) is 14.8 Å². The van der Waals surface area contributed by atoms with Gasteiger partial charge in [-0.05, 0) is 73.9 Å². The highest BCUT2D eigenvalue weighted by molar-refractivity contribution is 7.92.